The first-order chi connectivity index (χ1) is 27.9. The average Bonchev–Trinajstić information content (AvgIpc) is 3.96. The van der Waals surface area contributed by atoms with Crippen LogP contribution in [0.15, 0.2) is 55.4 Å². The third-order valence-electron chi connectivity index (χ3n) is 10.0. The molecule has 3 aliphatic rings. The molecule has 21 nitrogen and oxygen atoms in total. The van der Waals surface area contributed by atoms with Gasteiger partial charge in [-0.25, -0.2) is 33.3 Å². The molecule has 0 amide bonds. The fraction of sp³-hybridized carbons (Fsp3) is 0.462. The Balaban J connectivity index is 0.000000292. The van der Waals surface area contributed by atoms with Gasteiger partial charge >= 0.3 is 24.8 Å². The number of hydrogen-bond donors (Lipinski definition) is 2. The number of fused-ring (bicyclic) bond motifs is 3. The first kappa shape index (κ1) is 53.1. The number of nitrogens with zero attached hydrogens (tertiary/aromatic N) is 14. The maximum absolute atomic E-state index is 11.5. The van der Waals surface area contributed by atoms with Crippen LogP contribution >= 0.6 is 11.6 Å². The van der Waals surface area contributed by atoms with Crippen LogP contribution in [0.1, 0.15) is 52.3 Å². The van der Waals surface area contributed by atoms with Gasteiger partial charge in [-0.3, -0.25) is 9.59 Å². The Morgan fingerprint density at radius 3 is 1.32 bits per heavy atom. The Morgan fingerprint density at radius 1 is 0.597 bits per heavy atom. The minimum absolute atomic E-state index is 0. The zero-order valence-electron chi connectivity index (χ0n) is 35.4. The van der Waals surface area contributed by atoms with Gasteiger partial charge in [0, 0.05) is 97.1 Å². The van der Waals surface area contributed by atoms with Crippen LogP contribution in [0.2, 0.25) is 5.15 Å². The van der Waals surface area contributed by atoms with Gasteiger partial charge in [-0.2, -0.15) is 15.3 Å². The van der Waals surface area contributed by atoms with Crippen LogP contribution in [-0.4, -0.2) is 192 Å². The second kappa shape index (κ2) is 24.5. The van der Waals surface area contributed by atoms with Crippen molar-refractivity contribution in [3.63, 3.8) is 0 Å². The summed E-state index contributed by atoms with van der Waals surface area (Å²) in [5.74, 6) is 0.660. The van der Waals surface area contributed by atoms with Gasteiger partial charge in [0.05, 0.1) is 29.7 Å². The van der Waals surface area contributed by atoms with E-state index in [0.29, 0.717) is 33.2 Å². The van der Waals surface area contributed by atoms with Crippen LogP contribution in [-0.2, 0) is 0 Å². The standard InChI is InChI=1S/C13H17N5O.C12H15N5O2.C8H6ClN3O.C5H12N2.CH4.Li.2H2O/c1-10(19)11-9-14-18-4-3-12(15-13(11)18)17-7-5-16(2)6-8-17;1-15-4-6-16(7-5-15)10-2-3-17-11(14-10)9(8-13-17)12(18)19;1-5(13)6-4-10-12-3-2-7(9)11-8(6)12;1-7-4-2-6-3-5-7;;;;/h3-4,9H,5-8H2,1-2H3;2-3,8H,4-7H2,1H3,(H,18,19);2-4H,1H3;6H,2-5H2,1H3;1H4;;2*1H2/q;;;;;+1;;/p-1. The first-order valence-corrected chi connectivity index (χ1v) is 19.5. The second-order valence-electron chi connectivity index (χ2n) is 14.4. The van der Waals surface area contributed by atoms with Crippen molar-refractivity contribution in [2.45, 2.75) is 21.3 Å². The van der Waals surface area contributed by atoms with E-state index in [0.717, 1.165) is 77.1 Å². The maximum Gasteiger partial charge on any atom is 1.00 e. The first-order valence-electron chi connectivity index (χ1n) is 19.1. The van der Waals surface area contributed by atoms with Crippen LogP contribution in [0, 0.1) is 0 Å². The number of anilines is 2. The molecule has 0 radical (unpaired) electrons. The monoisotopic (exact) mass is 873 g/mol. The van der Waals surface area contributed by atoms with Crippen molar-refractivity contribution in [3.8, 4) is 0 Å². The molecule has 0 unspecified atom stereocenters. The van der Waals surface area contributed by atoms with Crippen molar-refractivity contribution >= 4 is 57.7 Å². The molecule has 62 heavy (non-hydrogen) atoms. The fourth-order valence-electron chi connectivity index (χ4n) is 6.41. The number of halogens is 1. The van der Waals surface area contributed by atoms with Crippen LogP contribution < -0.4 is 34.0 Å². The third kappa shape index (κ3) is 13.5. The van der Waals surface area contributed by atoms with Crippen molar-refractivity contribution in [1.29, 1.82) is 0 Å². The predicted molar refractivity (Wildman–Crippen MR) is 233 cm³/mol. The number of carboxylic acid groups (broad SMARTS) is 1. The number of piperazine rings is 3. The number of ketones is 2. The molecule has 0 saturated carbocycles. The number of hydrogen-bond acceptors (Lipinski definition) is 16. The molecule has 9 heterocycles. The van der Waals surface area contributed by atoms with Gasteiger partial charge < -0.3 is 45.9 Å². The Morgan fingerprint density at radius 2 is 0.952 bits per heavy atom. The van der Waals surface area contributed by atoms with Crippen molar-refractivity contribution < 1.29 is 49.3 Å². The average molecular weight is 874 g/mol. The van der Waals surface area contributed by atoms with Crippen LogP contribution in [0.5, 0.6) is 0 Å². The topological polar surface area (TPSA) is 252 Å². The van der Waals surface area contributed by atoms with Crippen LogP contribution in [0.3, 0.4) is 0 Å². The molecule has 3 saturated heterocycles. The van der Waals surface area contributed by atoms with E-state index in [1.165, 1.54) is 41.4 Å². The molecular weight excluding hydrogens is 817 g/mol. The predicted octanol–water partition coefficient (Wildman–Crippen LogP) is -1.39. The Labute approximate surface area is 377 Å². The molecule has 6 aromatic heterocycles. The van der Waals surface area contributed by atoms with E-state index in [1.54, 1.807) is 36.1 Å². The summed E-state index contributed by atoms with van der Waals surface area (Å²) in [6, 6.07) is 5.44. The Hall–Kier alpha value is -5.08. The van der Waals surface area contributed by atoms with Crippen LogP contribution in [0.4, 0.5) is 11.6 Å². The number of aromatic nitrogens is 9. The maximum atomic E-state index is 11.5. The smallest absolute Gasteiger partial charge is 0.870 e. The molecule has 3 fully saturated rings. The summed E-state index contributed by atoms with van der Waals surface area (Å²) in [6.07, 6.45) is 9.68. The number of Topliss-reactive ketones (excluding diaryl/α,β-unsaturated/α-hetero) is 2. The number of aromatic carboxylic acids is 1. The van der Waals surface area contributed by atoms with E-state index >= 15 is 0 Å². The molecule has 0 bridgehead atoms. The van der Waals surface area contributed by atoms with Gasteiger partial charge in [0.15, 0.2) is 28.5 Å². The number of carbonyl (C=O) groups excluding carboxylic acids is 2. The van der Waals surface area contributed by atoms with Gasteiger partial charge in [0.1, 0.15) is 22.4 Å². The van der Waals surface area contributed by atoms with Gasteiger partial charge in [-0.05, 0) is 53.2 Å². The summed E-state index contributed by atoms with van der Waals surface area (Å²) in [5, 5.41) is 24.8. The number of likely N-dealkylation sites (N-methyl/N-ethyl adjacent to an activating group) is 3. The van der Waals surface area contributed by atoms with E-state index in [-0.39, 0.29) is 54.4 Å². The molecule has 6 aromatic rings. The van der Waals surface area contributed by atoms with E-state index in [9.17, 15) is 14.4 Å². The minimum atomic E-state index is -1.00. The molecule has 332 valence electrons. The molecule has 0 aliphatic carbocycles. The summed E-state index contributed by atoms with van der Waals surface area (Å²) in [6.45, 7) is 15.5. The van der Waals surface area contributed by atoms with Crippen molar-refractivity contribution in [3.05, 3.63) is 77.2 Å². The van der Waals surface area contributed by atoms with Gasteiger partial charge in [0.2, 0.25) is 0 Å². The quantitative estimate of drug-likeness (QED) is 0.115. The number of nitrogens with one attached hydrogen (secondary N) is 1. The van der Waals surface area contributed by atoms with Crippen molar-refractivity contribution in [1.82, 2.24) is 63.8 Å². The molecule has 0 aromatic carbocycles. The summed E-state index contributed by atoms with van der Waals surface area (Å²) in [5.41, 5.74) is 2.74. The van der Waals surface area contributed by atoms with Crippen molar-refractivity contribution in [2.24, 2.45) is 0 Å². The molecular formula is C39H57ClLiN15O6. The largest absolute Gasteiger partial charge is 1.00 e. The number of carbonyl (C=O) groups is 3. The van der Waals surface area contributed by atoms with E-state index in [4.69, 9.17) is 16.7 Å². The second-order valence-corrected chi connectivity index (χ2v) is 14.7. The van der Waals surface area contributed by atoms with Gasteiger partial charge in [-0.1, -0.05) is 19.0 Å². The SMILES string of the molecule is C.CC(=O)c1cnn2ccc(Cl)nc12.CC(=O)c1cnn2ccc(N3CCN(C)CC3)nc12.CN1CCN(c2ccn3ncc(C(=O)O)c3n2)CC1.CN1CCNCC1.O.[Li+].[OH-]. The zero-order valence-corrected chi connectivity index (χ0v) is 36.2. The van der Waals surface area contributed by atoms with E-state index in [2.05, 4.69) is 81.2 Å². The normalized spacial score (nSPS) is 15.5. The molecule has 0 atom stereocenters. The summed E-state index contributed by atoms with van der Waals surface area (Å²) in [7, 11) is 6.37. The summed E-state index contributed by atoms with van der Waals surface area (Å²) < 4.78 is 4.65. The van der Waals surface area contributed by atoms with Gasteiger partial charge in [-0.15, -0.1) is 0 Å². The number of rotatable bonds is 5. The third-order valence-corrected chi connectivity index (χ3v) is 10.2. The van der Waals surface area contributed by atoms with Crippen LogP contribution in [0.25, 0.3) is 16.9 Å². The van der Waals surface area contributed by atoms with Crippen molar-refractivity contribution in [2.75, 3.05) is 109 Å². The molecule has 23 heteroatoms. The number of carboxylic acids is 1. The Kier molecular flexibility index (Phi) is 21.0. The fourth-order valence-corrected chi connectivity index (χ4v) is 6.55. The molecule has 5 N–H and O–H groups in total. The summed E-state index contributed by atoms with van der Waals surface area (Å²) in [4.78, 5) is 58.1. The molecule has 9 rings (SSSR count). The van der Waals surface area contributed by atoms with E-state index in [1.807, 2.05) is 18.3 Å². The molecule has 3 aliphatic heterocycles. The minimum Gasteiger partial charge on any atom is -0.870 e. The zero-order chi connectivity index (χ0) is 41.3. The molecule has 0 spiro atoms. The van der Waals surface area contributed by atoms with E-state index < -0.39 is 5.97 Å². The Bertz CT molecular complexity index is 2240. The van der Waals surface area contributed by atoms with Gasteiger partial charge in [0.25, 0.3) is 0 Å². The summed E-state index contributed by atoms with van der Waals surface area (Å²) >= 11 is 5.69.